The van der Waals surface area contributed by atoms with E-state index in [0.717, 1.165) is 13.0 Å². The third-order valence-corrected chi connectivity index (χ3v) is 2.92. The number of amides is 1. The van der Waals surface area contributed by atoms with E-state index in [1.165, 1.54) is 0 Å². The highest BCUT2D eigenvalue weighted by Gasteiger charge is 2.11. The van der Waals surface area contributed by atoms with Crippen molar-refractivity contribution in [2.24, 2.45) is 0 Å². The fourth-order valence-electron chi connectivity index (χ4n) is 1.60. The first-order valence-corrected chi connectivity index (χ1v) is 6.97. The summed E-state index contributed by atoms with van der Waals surface area (Å²) in [6, 6.07) is 2.01. The van der Waals surface area contributed by atoms with Crippen LogP contribution in [0, 0.1) is 6.92 Å². The average molecular weight is 279 g/mol. The van der Waals surface area contributed by atoms with Crippen molar-refractivity contribution in [2.75, 3.05) is 32.5 Å². The third-order valence-electron chi connectivity index (χ3n) is 2.92. The minimum absolute atomic E-state index is 0.162. The second kappa shape index (κ2) is 7.79. The lowest BCUT2D eigenvalue weighted by atomic mass is 10.2. The Morgan fingerprint density at radius 1 is 1.40 bits per heavy atom. The molecule has 0 aliphatic carbocycles. The van der Waals surface area contributed by atoms with Crippen molar-refractivity contribution in [1.29, 1.82) is 0 Å². The Morgan fingerprint density at radius 2 is 2.10 bits per heavy atom. The maximum atomic E-state index is 12.0. The van der Waals surface area contributed by atoms with Gasteiger partial charge in [0.1, 0.15) is 17.3 Å². The number of carbonyl (C=O) groups is 1. The molecule has 0 aromatic carbocycles. The summed E-state index contributed by atoms with van der Waals surface area (Å²) < 4.78 is 0. The zero-order valence-electron chi connectivity index (χ0n) is 13.0. The lowest BCUT2D eigenvalue weighted by molar-refractivity contribution is 0.0945. The number of nitrogens with zero attached hydrogens (tertiary/aromatic N) is 3. The maximum Gasteiger partial charge on any atom is 0.270 e. The molecule has 0 aliphatic heterocycles. The normalized spacial score (nSPS) is 12.3. The summed E-state index contributed by atoms with van der Waals surface area (Å²) in [6.45, 7) is 7.37. The van der Waals surface area contributed by atoms with Gasteiger partial charge in [-0.25, -0.2) is 9.97 Å². The van der Waals surface area contributed by atoms with Crippen LogP contribution >= 0.6 is 0 Å². The molecule has 2 N–H and O–H groups in total. The van der Waals surface area contributed by atoms with Crippen LogP contribution in [0.3, 0.4) is 0 Å². The summed E-state index contributed by atoms with van der Waals surface area (Å²) >= 11 is 0. The molecule has 112 valence electrons. The van der Waals surface area contributed by atoms with E-state index in [0.29, 0.717) is 29.9 Å². The summed E-state index contributed by atoms with van der Waals surface area (Å²) in [5.74, 6) is 1.13. The largest absolute Gasteiger partial charge is 0.368 e. The summed E-state index contributed by atoms with van der Waals surface area (Å²) in [5.41, 5.74) is 0.405. The van der Waals surface area contributed by atoms with Gasteiger partial charge in [0.15, 0.2) is 0 Å². The molecular weight excluding hydrogens is 254 g/mol. The standard InChI is InChI=1S/C14H25N5O/c1-6-10(2)16-13-9-12(17-11(3)18-13)14(20)15-7-8-19(4)5/h9-10H,6-8H2,1-5H3,(H,15,20)(H,16,17,18). The molecule has 1 rings (SSSR count). The van der Waals surface area contributed by atoms with Crippen molar-refractivity contribution >= 4 is 11.7 Å². The Labute approximate surface area is 121 Å². The molecule has 1 unspecified atom stereocenters. The number of likely N-dealkylation sites (N-methyl/N-ethyl adjacent to an activating group) is 1. The molecule has 1 atom stereocenters. The van der Waals surface area contributed by atoms with Gasteiger partial charge < -0.3 is 15.5 Å². The van der Waals surface area contributed by atoms with Gasteiger partial charge in [-0.3, -0.25) is 4.79 Å². The first kappa shape index (κ1) is 16.4. The number of carbonyl (C=O) groups excluding carboxylic acids is 1. The Hall–Kier alpha value is -1.69. The minimum atomic E-state index is -0.162. The molecule has 6 nitrogen and oxygen atoms in total. The molecule has 0 radical (unpaired) electrons. The SMILES string of the molecule is CCC(C)Nc1cc(C(=O)NCCN(C)C)nc(C)n1. The lowest BCUT2D eigenvalue weighted by Crippen LogP contribution is -2.32. The summed E-state index contributed by atoms with van der Waals surface area (Å²) in [6.07, 6.45) is 0.993. The van der Waals surface area contributed by atoms with Crippen molar-refractivity contribution in [2.45, 2.75) is 33.2 Å². The monoisotopic (exact) mass is 279 g/mol. The zero-order valence-corrected chi connectivity index (χ0v) is 13.0. The van der Waals surface area contributed by atoms with Crippen molar-refractivity contribution in [3.05, 3.63) is 17.6 Å². The van der Waals surface area contributed by atoms with Crippen LogP contribution in [-0.2, 0) is 0 Å². The van der Waals surface area contributed by atoms with Crippen LogP contribution in [0.5, 0.6) is 0 Å². The first-order chi connectivity index (χ1) is 9.42. The molecule has 6 heteroatoms. The van der Waals surface area contributed by atoms with Crippen LogP contribution in [0.1, 0.15) is 36.6 Å². The minimum Gasteiger partial charge on any atom is -0.368 e. The molecule has 0 bridgehead atoms. The van der Waals surface area contributed by atoms with Crippen LogP contribution in [0.15, 0.2) is 6.07 Å². The van der Waals surface area contributed by atoms with Crippen LogP contribution < -0.4 is 10.6 Å². The average Bonchev–Trinajstić information content (AvgIpc) is 2.37. The van der Waals surface area contributed by atoms with Gasteiger partial charge in [0.2, 0.25) is 0 Å². The topological polar surface area (TPSA) is 70.2 Å². The predicted molar refractivity (Wildman–Crippen MR) is 81.0 cm³/mol. The highest BCUT2D eigenvalue weighted by molar-refractivity contribution is 5.92. The highest BCUT2D eigenvalue weighted by Crippen LogP contribution is 2.09. The molecule has 0 spiro atoms. The van der Waals surface area contributed by atoms with Crippen LogP contribution in [0.25, 0.3) is 0 Å². The third kappa shape index (κ3) is 5.52. The van der Waals surface area contributed by atoms with Crippen molar-refractivity contribution < 1.29 is 4.79 Å². The van der Waals surface area contributed by atoms with E-state index in [1.54, 1.807) is 13.0 Å². The summed E-state index contributed by atoms with van der Waals surface area (Å²) in [7, 11) is 3.93. The fourth-order valence-corrected chi connectivity index (χ4v) is 1.60. The zero-order chi connectivity index (χ0) is 15.1. The van der Waals surface area contributed by atoms with Gasteiger partial charge in [0, 0.05) is 25.2 Å². The lowest BCUT2D eigenvalue weighted by Gasteiger charge is -2.14. The highest BCUT2D eigenvalue weighted by atomic mass is 16.1. The Morgan fingerprint density at radius 3 is 2.70 bits per heavy atom. The van der Waals surface area contributed by atoms with Crippen LogP contribution in [0.4, 0.5) is 5.82 Å². The molecule has 0 fully saturated rings. The van der Waals surface area contributed by atoms with Gasteiger partial charge in [0.05, 0.1) is 0 Å². The summed E-state index contributed by atoms with van der Waals surface area (Å²) in [4.78, 5) is 22.5. The number of aryl methyl sites for hydroxylation is 1. The van der Waals surface area contributed by atoms with Crippen molar-refractivity contribution in [3.8, 4) is 0 Å². The Kier molecular flexibility index (Phi) is 6.38. The second-order valence-corrected chi connectivity index (χ2v) is 5.20. The van der Waals surface area contributed by atoms with Crippen LogP contribution in [-0.4, -0.2) is 54.0 Å². The molecule has 1 aromatic heterocycles. The molecule has 0 aliphatic rings. The number of aromatic nitrogens is 2. The van der Waals surface area contributed by atoms with Crippen molar-refractivity contribution in [1.82, 2.24) is 20.2 Å². The fraction of sp³-hybridized carbons (Fsp3) is 0.643. The van der Waals surface area contributed by atoms with Gasteiger partial charge in [0.25, 0.3) is 5.91 Å². The van der Waals surface area contributed by atoms with E-state index in [-0.39, 0.29) is 5.91 Å². The maximum absolute atomic E-state index is 12.0. The van der Waals surface area contributed by atoms with Gasteiger partial charge in [-0.2, -0.15) is 0 Å². The van der Waals surface area contributed by atoms with E-state index < -0.39 is 0 Å². The Bertz CT molecular complexity index is 447. The molecule has 0 saturated heterocycles. The van der Waals surface area contributed by atoms with E-state index in [2.05, 4.69) is 34.4 Å². The number of hydrogen-bond donors (Lipinski definition) is 2. The molecular formula is C14H25N5O. The van der Waals surface area contributed by atoms with E-state index in [4.69, 9.17) is 0 Å². The number of rotatable bonds is 7. The second-order valence-electron chi connectivity index (χ2n) is 5.20. The molecule has 1 aromatic rings. The number of nitrogens with one attached hydrogen (secondary N) is 2. The summed E-state index contributed by atoms with van der Waals surface area (Å²) in [5, 5.41) is 6.12. The number of anilines is 1. The smallest absolute Gasteiger partial charge is 0.270 e. The number of hydrogen-bond acceptors (Lipinski definition) is 5. The molecule has 20 heavy (non-hydrogen) atoms. The quantitative estimate of drug-likeness (QED) is 0.787. The van der Waals surface area contributed by atoms with Gasteiger partial charge in [-0.15, -0.1) is 0 Å². The molecule has 1 amide bonds. The Balaban J connectivity index is 2.71. The van der Waals surface area contributed by atoms with Gasteiger partial charge in [-0.1, -0.05) is 6.92 Å². The molecule has 0 saturated carbocycles. The first-order valence-electron chi connectivity index (χ1n) is 6.97. The van der Waals surface area contributed by atoms with Crippen molar-refractivity contribution in [3.63, 3.8) is 0 Å². The van der Waals surface area contributed by atoms with Crippen LogP contribution in [0.2, 0.25) is 0 Å². The van der Waals surface area contributed by atoms with E-state index >= 15 is 0 Å². The molecule has 1 heterocycles. The van der Waals surface area contributed by atoms with Gasteiger partial charge >= 0.3 is 0 Å². The van der Waals surface area contributed by atoms with E-state index in [1.807, 2.05) is 19.0 Å². The van der Waals surface area contributed by atoms with Gasteiger partial charge in [-0.05, 0) is 34.4 Å². The van der Waals surface area contributed by atoms with E-state index in [9.17, 15) is 4.79 Å². The predicted octanol–water partition coefficient (Wildman–Crippen LogP) is 1.29.